The van der Waals surface area contributed by atoms with Gasteiger partial charge >= 0.3 is 0 Å². The molecular weight excluding hydrogens is 344 g/mol. The van der Waals surface area contributed by atoms with Gasteiger partial charge in [-0.2, -0.15) is 5.10 Å². The molecule has 140 valence electrons. The zero-order valence-electron chi connectivity index (χ0n) is 15.5. The number of ether oxygens (including phenoxy) is 1. The van der Waals surface area contributed by atoms with Crippen molar-refractivity contribution in [2.24, 2.45) is 0 Å². The minimum absolute atomic E-state index is 0.0937. The molecule has 8 heteroatoms. The minimum Gasteiger partial charge on any atom is -0.378 e. The average Bonchev–Trinajstić information content (AvgIpc) is 3.08. The van der Waals surface area contributed by atoms with E-state index < -0.39 is 0 Å². The van der Waals surface area contributed by atoms with Crippen molar-refractivity contribution in [3.63, 3.8) is 0 Å². The van der Waals surface area contributed by atoms with Crippen LogP contribution >= 0.6 is 0 Å². The Balaban J connectivity index is 1.55. The first kappa shape index (κ1) is 17.4. The Labute approximate surface area is 157 Å². The molecule has 0 aliphatic carbocycles. The van der Waals surface area contributed by atoms with Gasteiger partial charge in [0.2, 0.25) is 5.91 Å². The molecule has 1 fully saturated rings. The van der Waals surface area contributed by atoms with Crippen LogP contribution in [0.1, 0.15) is 11.1 Å². The highest BCUT2D eigenvalue weighted by Gasteiger charge is 2.18. The molecule has 0 atom stereocenters. The van der Waals surface area contributed by atoms with Crippen LogP contribution in [-0.4, -0.2) is 52.0 Å². The Morgan fingerprint density at radius 1 is 1.22 bits per heavy atom. The average molecular weight is 366 g/mol. The second-order valence-corrected chi connectivity index (χ2v) is 6.70. The molecule has 27 heavy (non-hydrogen) atoms. The standard InChI is InChI=1S/C19H22N6O2/c1-13-3-4-14(2)16(9-13)23-17(26)11-25-19-15(10-22-25)18(20-12-21-19)24-5-7-27-8-6-24/h3-4,9-10,12H,5-8,11H2,1-2H3,(H,23,26). The molecule has 4 rings (SSSR count). The van der Waals surface area contributed by atoms with Crippen molar-refractivity contribution in [2.45, 2.75) is 20.4 Å². The normalized spacial score (nSPS) is 14.5. The first-order chi connectivity index (χ1) is 13.1. The molecule has 1 aliphatic heterocycles. The van der Waals surface area contributed by atoms with Crippen molar-refractivity contribution in [3.8, 4) is 0 Å². The minimum atomic E-state index is -0.139. The Morgan fingerprint density at radius 2 is 2.04 bits per heavy atom. The van der Waals surface area contributed by atoms with Gasteiger partial charge < -0.3 is 15.0 Å². The Kier molecular flexibility index (Phi) is 4.72. The lowest BCUT2D eigenvalue weighted by Gasteiger charge is -2.27. The number of anilines is 2. The highest BCUT2D eigenvalue weighted by molar-refractivity contribution is 5.93. The van der Waals surface area contributed by atoms with E-state index in [1.807, 2.05) is 32.0 Å². The Hall–Kier alpha value is -3.00. The Morgan fingerprint density at radius 3 is 2.85 bits per heavy atom. The molecule has 3 heterocycles. The van der Waals surface area contributed by atoms with Gasteiger partial charge in [0.1, 0.15) is 18.7 Å². The van der Waals surface area contributed by atoms with Crippen molar-refractivity contribution in [2.75, 3.05) is 36.5 Å². The van der Waals surface area contributed by atoms with Crippen molar-refractivity contribution < 1.29 is 9.53 Å². The summed E-state index contributed by atoms with van der Waals surface area (Å²) >= 11 is 0. The van der Waals surface area contributed by atoms with E-state index in [9.17, 15) is 4.79 Å². The van der Waals surface area contributed by atoms with E-state index in [-0.39, 0.29) is 12.5 Å². The molecule has 2 aromatic heterocycles. The highest BCUT2D eigenvalue weighted by Crippen LogP contribution is 2.23. The lowest BCUT2D eigenvalue weighted by Crippen LogP contribution is -2.36. The molecule has 1 amide bonds. The number of aromatic nitrogens is 4. The van der Waals surface area contributed by atoms with Crippen LogP contribution in [0.3, 0.4) is 0 Å². The van der Waals surface area contributed by atoms with Crippen LogP contribution in [0.5, 0.6) is 0 Å². The fourth-order valence-corrected chi connectivity index (χ4v) is 3.22. The van der Waals surface area contributed by atoms with Crippen LogP contribution in [-0.2, 0) is 16.1 Å². The van der Waals surface area contributed by atoms with Gasteiger partial charge in [-0.1, -0.05) is 12.1 Å². The Bertz CT molecular complexity index is 977. The number of hydrogen-bond donors (Lipinski definition) is 1. The molecule has 0 unspecified atom stereocenters. The number of benzene rings is 1. The van der Waals surface area contributed by atoms with Gasteiger partial charge in [-0.3, -0.25) is 4.79 Å². The number of rotatable bonds is 4. The molecule has 3 aromatic rings. The SMILES string of the molecule is Cc1ccc(C)c(NC(=O)Cn2ncc3c(N4CCOCC4)ncnc32)c1. The zero-order valence-corrected chi connectivity index (χ0v) is 15.5. The number of carbonyl (C=O) groups excluding carboxylic acids is 1. The maximum Gasteiger partial charge on any atom is 0.246 e. The number of fused-ring (bicyclic) bond motifs is 1. The molecule has 1 aliphatic rings. The summed E-state index contributed by atoms with van der Waals surface area (Å²) in [6.07, 6.45) is 3.25. The van der Waals surface area contributed by atoms with Crippen molar-refractivity contribution >= 4 is 28.4 Å². The lowest BCUT2D eigenvalue weighted by atomic mass is 10.1. The largest absolute Gasteiger partial charge is 0.378 e. The van der Waals surface area contributed by atoms with Crippen LogP contribution in [0.2, 0.25) is 0 Å². The zero-order chi connectivity index (χ0) is 18.8. The molecule has 1 aromatic carbocycles. The molecule has 1 saturated heterocycles. The monoisotopic (exact) mass is 366 g/mol. The van der Waals surface area contributed by atoms with E-state index in [1.165, 1.54) is 6.33 Å². The number of morpholine rings is 1. The molecule has 8 nitrogen and oxygen atoms in total. The topological polar surface area (TPSA) is 85.2 Å². The van der Waals surface area contributed by atoms with Gasteiger partial charge in [0, 0.05) is 18.8 Å². The third-order valence-electron chi connectivity index (χ3n) is 4.68. The predicted octanol–water partition coefficient (Wildman–Crippen LogP) is 1.92. The lowest BCUT2D eigenvalue weighted by molar-refractivity contribution is -0.116. The van der Waals surface area contributed by atoms with Gasteiger partial charge in [0.15, 0.2) is 5.65 Å². The van der Waals surface area contributed by atoms with Crippen LogP contribution in [0, 0.1) is 13.8 Å². The smallest absolute Gasteiger partial charge is 0.246 e. The van der Waals surface area contributed by atoms with Gasteiger partial charge in [-0.05, 0) is 31.0 Å². The molecule has 0 radical (unpaired) electrons. The van der Waals surface area contributed by atoms with Crippen molar-refractivity contribution in [3.05, 3.63) is 41.9 Å². The number of hydrogen-bond acceptors (Lipinski definition) is 6. The van der Waals surface area contributed by atoms with Gasteiger partial charge in [0.05, 0.1) is 24.8 Å². The van der Waals surface area contributed by atoms with E-state index in [2.05, 4.69) is 25.3 Å². The number of carbonyl (C=O) groups is 1. The second kappa shape index (κ2) is 7.32. The van der Waals surface area contributed by atoms with Crippen molar-refractivity contribution in [1.82, 2.24) is 19.7 Å². The maximum absolute atomic E-state index is 12.5. The van der Waals surface area contributed by atoms with E-state index in [0.717, 1.165) is 41.1 Å². The van der Waals surface area contributed by atoms with Gasteiger partial charge in [-0.15, -0.1) is 0 Å². The highest BCUT2D eigenvalue weighted by atomic mass is 16.5. The van der Waals surface area contributed by atoms with Crippen molar-refractivity contribution in [1.29, 1.82) is 0 Å². The quantitative estimate of drug-likeness (QED) is 0.759. The number of nitrogens with one attached hydrogen (secondary N) is 1. The third-order valence-corrected chi connectivity index (χ3v) is 4.68. The second-order valence-electron chi connectivity index (χ2n) is 6.70. The maximum atomic E-state index is 12.5. The summed E-state index contributed by atoms with van der Waals surface area (Å²) in [4.78, 5) is 23.5. The number of amides is 1. The first-order valence-electron chi connectivity index (χ1n) is 8.98. The van der Waals surface area contributed by atoms with Gasteiger partial charge in [-0.25, -0.2) is 14.6 Å². The van der Waals surface area contributed by atoms with Crippen LogP contribution < -0.4 is 10.2 Å². The van der Waals surface area contributed by atoms with Crippen LogP contribution in [0.25, 0.3) is 11.0 Å². The van der Waals surface area contributed by atoms with E-state index in [1.54, 1.807) is 10.9 Å². The summed E-state index contributed by atoms with van der Waals surface area (Å²) in [5.74, 6) is 0.699. The summed E-state index contributed by atoms with van der Waals surface area (Å²) < 4.78 is 7.02. The number of aryl methyl sites for hydroxylation is 2. The van der Waals surface area contributed by atoms with Gasteiger partial charge in [0.25, 0.3) is 0 Å². The fourth-order valence-electron chi connectivity index (χ4n) is 3.22. The summed E-state index contributed by atoms with van der Waals surface area (Å²) in [5.41, 5.74) is 3.60. The molecule has 1 N–H and O–H groups in total. The molecule has 0 bridgehead atoms. The predicted molar refractivity (Wildman–Crippen MR) is 103 cm³/mol. The van der Waals surface area contributed by atoms with Crippen LogP contribution in [0.15, 0.2) is 30.7 Å². The molecule has 0 saturated carbocycles. The van der Waals surface area contributed by atoms with E-state index >= 15 is 0 Å². The number of nitrogens with zero attached hydrogens (tertiary/aromatic N) is 5. The fraction of sp³-hybridized carbons (Fsp3) is 0.368. The molecule has 0 spiro atoms. The summed E-state index contributed by atoms with van der Waals surface area (Å²) in [6, 6.07) is 5.99. The summed E-state index contributed by atoms with van der Waals surface area (Å²) in [7, 11) is 0. The third kappa shape index (κ3) is 3.61. The van der Waals surface area contributed by atoms with Crippen LogP contribution in [0.4, 0.5) is 11.5 Å². The molecular formula is C19H22N6O2. The van der Waals surface area contributed by atoms with E-state index in [4.69, 9.17) is 4.74 Å². The summed E-state index contributed by atoms with van der Waals surface area (Å²) in [5, 5.41) is 8.18. The summed E-state index contributed by atoms with van der Waals surface area (Å²) in [6.45, 7) is 6.99. The first-order valence-corrected chi connectivity index (χ1v) is 8.98. The van der Waals surface area contributed by atoms with E-state index in [0.29, 0.717) is 18.9 Å².